The van der Waals surface area contributed by atoms with Crippen LogP contribution in [-0.2, 0) is 13.0 Å². The molecule has 0 aliphatic heterocycles. The summed E-state index contributed by atoms with van der Waals surface area (Å²) in [5, 5.41) is 0. The average Bonchev–Trinajstić information content (AvgIpc) is 3.01. The zero-order valence-electron chi connectivity index (χ0n) is 16.3. The maximum atomic E-state index is 3.42. The molecule has 1 N–H and O–H groups in total. The van der Waals surface area contributed by atoms with Crippen molar-refractivity contribution in [1.29, 1.82) is 0 Å². The van der Waals surface area contributed by atoms with Gasteiger partial charge in [0.05, 0.1) is 6.54 Å². The molecule has 0 fully saturated rings. The number of halogens is 1. The zero-order valence-corrected chi connectivity index (χ0v) is 17.0. The molecule has 0 saturated heterocycles. The largest absolute Gasteiger partial charge is 1.00 e. The van der Waals surface area contributed by atoms with E-state index < -0.39 is 0 Å². The number of hydrogen-bond donors (Lipinski definition) is 1. The van der Waals surface area contributed by atoms with Gasteiger partial charge in [-0.25, -0.2) is 9.55 Å². The van der Waals surface area contributed by atoms with Crippen molar-refractivity contribution in [3.05, 3.63) is 18.2 Å². The zero-order chi connectivity index (χ0) is 16.6. The number of nitrogens with zero attached hydrogens (tertiary/aromatic N) is 1. The monoisotopic (exact) mass is 356 g/mol. The highest BCUT2D eigenvalue weighted by Crippen LogP contribution is 2.12. The molecule has 2 nitrogen and oxygen atoms in total. The van der Waals surface area contributed by atoms with Gasteiger partial charge in [0.15, 0.2) is 0 Å². The van der Waals surface area contributed by atoms with Gasteiger partial charge >= 0.3 is 0 Å². The molecule has 3 heteroatoms. The smallest absolute Gasteiger partial charge is 0.254 e. The predicted octanol–water partition coefficient (Wildman–Crippen LogP) is 3.35. The van der Waals surface area contributed by atoms with Gasteiger partial charge in [-0.1, -0.05) is 90.9 Å². The van der Waals surface area contributed by atoms with E-state index in [1.54, 1.807) is 0 Å². The van der Waals surface area contributed by atoms with Crippen LogP contribution in [0.25, 0.3) is 0 Å². The summed E-state index contributed by atoms with van der Waals surface area (Å²) in [6.07, 6.45) is 25.2. The van der Waals surface area contributed by atoms with E-state index in [-0.39, 0.29) is 12.4 Å². The Balaban J connectivity index is 0.00000529. The molecular formula is C21H41ClN2. The molecule has 0 bridgehead atoms. The first-order valence-electron chi connectivity index (χ1n) is 10.4. The fourth-order valence-electron chi connectivity index (χ4n) is 3.28. The molecule has 142 valence electrons. The van der Waals surface area contributed by atoms with Gasteiger partial charge < -0.3 is 12.4 Å². The van der Waals surface area contributed by atoms with E-state index in [4.69, 9.17) is 0 Å². The fourth-order valence-corrected chi connectivity index (χ4v) is 3.28. The van der Waals surface area contributed by atoms with Crippen molar-refractivity contribution in [2.75, 3.05) is 0 Å². The number of unbranched alkanes of at least 4 members (excludes halogenated alkanes) is 12. The van der Waals surface area contributed by atoms with E-state index in [2.05, 4.69) is 35.8 Å². The van der Waals surface area contributed by atoms with E-state index >= 15 is 0 Å². The summed E-state index contributed by atoms with van der Waals surface area (Å²) in [6.45, 7) is 5.73. The topological polar surface area (TPSA) is 19.7 Å². The first kappa shape index (κ1) is 23.5. The average molecular weight is 357 g/mol. The lowest BCUT2D eigenvalue weighted by Gasteiger charge is -2.03. The van der Waals surface area contributed by atoms with Crippen LogP contribution in [0.15, 0.2) is 12.4 Å². The van der Waals surface area contributed by atoms with E-state index in [9.17, 15) is 0 Å². The highest BCUT2D eigenvalue weighted by Gasteiger charge is 2.08. The molecule has 0 amide bonds. The number of nitrogens with one attached hydrogen (secondary N) is 1. The molecule has 0 radical (unpaired) electrons. The summed E-state index contributed by atoms with van der Waals surface area (Å²) in [4.78, 5) is 3.42. The molecule has 1 aromatic rings. The number of aromatic amines is 1. The van der Waals surface area contributed by atoms with Crippen LogP contribution in [0.4, 0.5) is 0 Å². The second kappa shape index (κ2) is 17.3. The molecule has 0 aliphatic rings. The van der Waals surface area contributed by atoms with Crippen LogP contribution in [-0.4, -0.2) is 4.98 Å². The quantitative estimate of drug-likeness (QED) is 0.346. The van der Waals surface area contributed by atoms with Crippen LogP contribution >= 0.6 is 0 Å². The predicted molar refractivity (Wildman–Crippen MR) is 101 cm³/mol. The van der Waals surface area contributed by atoms with Gasteiger partial charge in [0.2, 0.25) is 0 Å². The van der Waals surface area contributed by atoms with Crippen molar-refractivity contribution in [1.82, 2.24) is 4.98 Å². The Labute approximate surface area is 157 Å². The summed E-state index contributed by atoms with van der Waals surface area (Å²) < 4.78 is 2.40. The number of H-pyrrole nitrogens is 1. The molecule has 0 atom stereocenters. The molecule has 0 aliphatic carbocycles. The number of rotatable bonds is 16. The lowest BCUT2D eigenvalue weighted by molar-refractivity contribution is -0.703. The molecule has 24 heavy (non-hydrogen) atoms. The third-order valence-electron chi connectivity index (χ3n) is 4.87. The summed E-state index contributed by atoms with van der Waals surface area (Å²) in [5.74, 6) is 1.42. The Hall–Kier alpha value is -0.500. The lowest BCUT2D eigenvalue weighted by Crippen LogP contribution is -3.00. The fraction of sp³-hybridized carbons (Fsp3) is 0.857. The third-order valence-corrected chi connectivity index (χ3v) is 4.87. The summed E-state index contributed by atoms with van der Waals surface area (Å²) in [5.41, 5.74) is 0. The molecule has 1 heterocycles. The summed E-state index contributed by atoms with van der Waals surface area (Å²) in [6, 6.07) is 0. The van der Waals surface area contributed by atoms with E-state index in [1.165, 1.54) is 109 Å². The van der Waals surface area contributed by atoms with Crippen molar-refractivity contribution in [3.63, 3.8) is 0 Å². The van der Waals surface area contributed by atoms with Crippen molar-refractivity contribution < 1.29 is 17.0 Å². The van der Waals surface area contributed by atoms with Gasteiger partial charge in [0, 0.05) is 6.42 Å². The van der Waals surface area contributed by atoms with Crippen molar-refractivity contribution in [3.8, 4) is 0 Å². The Bertz CT molecular complexity index is 362. The minimum Gasteiger partial charge on any atom is -1.00 e. The molecule has 0 aromatic carbocycles. The van der Waals surface area contributed by atoms with Gasteiger partial charge in [-0.3, -0.25) is 0 Å². The van der Waals surface area contributed by atoms with Crippen molar-refractivity contribution in [2.45, 2.75) is 117 Å². The first-order chi connectivity index (χ1) is 11.4. The van der Waals surface area contributed by atoms with Gasteiger partial charge in [-0.15, -0.1) is 0 Å². The molecular weight excluding hydrogens is 316 g/mol. The molecule has 0 spiro atoms. The number of imidazole rings is 1. The SMILES string of the molecule is CCCCCCCCCCCCCCc1[nH]cc[n+]1CCCC.[Cl-]. The van der Waals surface area contributed by atoms with Gasteiger partial charge in [0.25, 0.3) is 5.82 Å². The summed E-state index contributed by atoms with van der Waals surface area (Å²) in [7, 11) is 0. The van der Waals surface area contributed by atoms with E-state index in [0.717, 1.165) is 0 Å². The molecule has 1 aromatic heterocycles. The molecule has 0 saturated carbocycles. The van der Waals surface area contributed by atoms with Crippen molar-refractivity contribution in [2.24, 2.45) is 0 Å². The van der Waals surface area contributed by atoms with Crippen LogP contribution in [0.1, 0.15) is 110 Å². The first-order valence-corrected chi connectivity index (χ1v) is 10.4. The number of aryl methyl sites for hydroxylation is 2. The van der Waals surface area contributed by atoms with Gasteiger partial charge in [0.1, 0.15) is 12.4 Å². The van der Waals surface area contributed by atoms with E-state index in [0.29, 0.717) is 0 Å². The second-order valence-electron chi connectivity index (χ2n) is 7.09. The Kier molecular flexibility index (Phi) is 17.0. The minimum absolute atomic E-state index is 0. The lowest BCUT2D eigenvalue weighted by atomic mass is 10.0. The van der Waals surface area contributed by atoms with Crippen LogP contribution < -0.4 is 17.0 Å². The van der Waals surface area contributed by atoms with Crippen LogP contribution in [0, 0.1) is 0 Å². The molecule has 1 rings (SSSR count). The van der Waals surface area contributed by atoms with E-state index in [1.807, 2.05) is 0 Å². The normalized spacial score (nSPS) is 10.8. The molecule has 0 unspecified atom stereocenters. The highest BCUT2D eigenvalue weighted by molar-refractivity contribution is 4.77. The minimum atomic E-state index is 0. The van der Waals surface area contributed by atoms with Gasteiger partial charge in [-0.2, -0.15) is 0 Å². The maximum Gasteiger partial charge on any atom is 0.254 e. The van der Waals surface area contributed by atoms with Crippen LogP contribution in [0.3, 0.4) is 0 Å². The number of hydrogen-bond acceptors (Lipinski definition) is 0. The van der Waals surface area contributed by atoms with Crippen LogP contribution in [0.5, 0.6) is 0 Å². The van der Waals surface area contributed by atoms with Crippen molar-refractivity contribution >= 4 is 0 Å². The Morgan fingerprint density at radius 2 is 1.21 bits per heavy atom. The van der Waals surface area contributed by atoms with Gasteiger partial charge in [-0.05, 0) is 12.8 Å². The maximum absolute atomic E-state index is 3.42. The third kappa shape index (κ3) is 11.9. The Morgan fingerprint density at radius 3 is 1.75 bits per heavy atom. The standard InChI is InChI=1S/C21H40N2.ClH/c1-3-5-7-8-9-10-11-12-13-14-15-16-17-21-22-18-20-23(21)19-6-4-2;/h18,20H,3-17,19H2,1-2H3;1H. The number of aromatic nitrogens is 2. The second-order valence-corrected chi connectivity index (χ2v) is 7.09. The highest BCUT2D eigenvalue weighted by atomic mass is 35.5. The summed E-state index contributed by atoms with van der Waals surface area (Å²) >= 11 is 0. The Morgan fingerprint density at radius 1 is 0.708 bits per heavy atom. The van der Waals surface area contributed by atoms with Crippen LogP contribution in [0.2, 0.25) is 0 Å².